The molecular weight excluding hydrogens is 377 g/mol. The third kappa shape index (κ3) is 3.87. The second-order valence-corrected chi connectivity index (χ2v) is 6.68. The Morgan fingerprint density at radius 3 is 2.28 bits per heavy atom. The van der Waals surface area contributed by atoms with E-state index in [2.05, 4.69) is 10.3 Å². The number of hydrogen-bond donors (Lipinski definition) is 2. The van der Waals surface area contributed by atoms with E-state index in [4.69, 9.17) is 0 Å². The van der Waals surface area contributed by atoms with Gasteiger partial charge in [0.05, 0.1) is 0 Å². The lowest BCUT2D eigenvalue weighted by atomic mass is 10.0. The third-order valence-corrected chi connectivity index (χ3v) is 4.78. The molecule has 0 atom stereocenters. The summed E-state index contributed by atoms with van der Waals surface area (Å²) >= 11 is 0. The number of benzene rings is 3. The van der Waals surface area contributed by atoms with Crippen molar-refractivity contribution in [1.29, 1.82) is 0 Å². The number of nitrogens with one attached hydrogen (secondary N) is 2. The fraction of sp³-hybridized carbons (Fsp3) is 0.0870. The van der Waals surface area contributed by atoms with E-state index in [0.717, 1.165) is 39.9 Å². The van der Waals surface area contributed by atoms with Gasteiger partial charge in [-0.2, -0.15) is 0 Å². The summed E-state index contributed by atoms with van der Waals surface area (Å²) in [5.74, 6) is -2.48. The van der Waals surface area contributed by atoms with Crippen LogP contribution in [-0.2, 0) is 11.2 Å². The molecule has 2 N–H and O–H groups in total. The maximum atomic E-state index is 13.8. The highest BCUT2D eigenvalue weighted by Crippen LogP contribution is 2.31. The van der Waals surface area contributed by atoms with Crippen molar-refractivity contribution >= 4 is 22.5 Å². The first-order valence-electron chi connectivity index (χ1n) is 9.12. The second-order valence-electron chi connectivity index (χ2n) is 6.68. The molecule has 0 spiro atoms. The van der Waals surface area contributed by atoms with Crippen molar-refractivity contribution in [2.45, 2.75) is 12.8 Å². The molecule has 1 aromatic heterocycles. The van der Waals surface area contributed by atoms with Crippen molar-refractivity contribution < 1.29 is 18.0 Å². The van der Waals surface area contributed by atoms with Crippen molar-refractivity contribution in [3.63, 3.8) is 0 Å². The molecule has 4 rings (SSSR count). The number of rotatable bonds is 5. The van der Waals surface area contributed by atoms with E-state index in [1.807, 2.05) is 24.3 Å². The number of carbonyl (C=O) groups is 1. The summed E-state index contributed by atoms with van der Waals surface area (Å²) in [4.78, 5) is 15.7. The summed E-state index contributed by atoms with van der Waals surface area (Å²) < 4.78 is 40.8. The Morgan fingerprint density at radius 2 is 1.55 bits per heavy atom. The van der Waals surface area contributed by atoms with Crippen LogP contribution in [0.2, 0.25) is 0 Å². The molecule has 0 fully saturated rings. The number of halogens is 3. The van der Waals surface area contributed by atoms with E-state index < -0.39 is 23.2 Å². The van der Waals surface area contributed by atoms with Crippen molar-refractivity contribution in [2.24, 2.45) is 0 Å². The Bertz CT molecular complexity index is 1160. The Morgan fingerprint density at radius 1 is 0.862 bits per heavy atom. The SMILES string of the molecule is O=C(CCc1c(-c2ccc(F)cc2)[nH]c2ccccc12)Nc1c(F)cccc1F. The highest BCUT2D eigenvalue weighted by Gasteiger charge is 2.16. The van der Waals surface area contributed by atoms with E-state index in [0.29, 0.717) is 6.42 Å². The molecule has 6 heteroatoms. The van der Waals surface area contributed by atoms with Crippen molar-refractivity contribution in [3.05, 3.63) is 89.7 Å². The minimum absolute atomic E-state index is 0.0316. The van der Waals surface area contributed by atoms with Gasteiger partial charge in [0.2, 0.25) is 5.91 Å². The number of aromatic amines is 1. The van der Waals surface area contributed by atoms with Gasteiger partial charge in [0, 0.05) is 23.0 Å². The number of hydrogen-bond acceptors (Lipinski definition) is 1. The summed E-state index contributed by atoms with van der Waals surface area (Å²) in [5.41, 5.74) is 2.91. The normalized spacial score (nSPS) is 11.0. The molecule has 3 nitrogen and oxygen atoms in total. The molecule has 29 heavy (non-hydrogen) atoms. The lowest BCUT2D eigenvalue weighted by Crippen LogP contribution is -2.14. The lowest BCUT2D eigenvalue weighted by molar-refractivity contribution is -0.116. The van der Waals surface area contributed by atoms with E-state index in [-0.39, 0.29) is 12.2 Å². The Balaban J connectivity index is 1.61. The maximum absolute atomic E-state index is 13.8. The molecular formula is C23H17F3N2O. The highest BCUT2D eigenvalue weighted by atomic mass is 19.1. The number of fused-ring (bicyclic) bond motifs is 1. The van der Waals surface area contributed by atoms with Gasteiger partial charge in [-0.05, 0) is 60.0 Å². The van der Waals surface area contributed by atoms with Gasteiger partial charge in [0.15, 0.2) is 0 Å². The summed E-state index contributed by atoms with van der Waals surface area (Å²) in [6.45, 7) is 0. The largest absolute Gasteiger partial charge is 0.354 e. The van der Waals surface area contributed by atoms with E-state index in [1.165, 1.54) is 18.2 Å². The van der Waals surface area contributed by atoms with Gasteiger partial charge in [-0.3, -0.25) is 4.79 Å². The lowest BCUT2D eigenvalue weighted by Gasteiger charge is -2.09. The standard InChI is InChI=1S/C23H17F3N2O/c24-15-10-8-14(9-11-15)22-17(16-4-1-2-7-20(16)27-22)12-13-21(29)28-23-18(25)5-3-6-19(23)26/h1-11,27H,12-13H2,(H,28,29). The quantitative estimate of drug-likeness (QED) is 0.440. The third-order valence-electron chi connectivity index (χ3n) is 4.78. The molecule has 0 radical (unpaired) electrons. The van der Waals surface area contributed by atoms with Crippen LogP contribution in [0.1, 0.15) is 12.0 Å². The molecule has 0 aliphatic rings. The highest BCUT2D eigenvalue weighted by molar-refractivity contribution is 5.94. The van der Waals surface area contributed by atoms with E-state index >= 15 is 0 Å². The van der Waals surface area contributed by atoms with Crippen LogP contribution in [-0.4, -0.2) is 10.9 Å². The number of H-pyrrole nitrogens is 1. The molecule has 0 bridgehead atoms. The van der Waals surface area contributed by atoms with Gasteiger partial charge in [-0.25, -0.2) is 13.2 Å². The summed E-state index contributed by atoms with van der Waals surface area (Å²) in [6, 6.07) is 17.1. The number of aromatic nitrogens is 1. The second kappa shape index (κ2) is 7.83. The van der Waals surface area contributed by atoms with Gasteiger partial charge in [0.25, 0.3) is 0 Å². The zero-order chi connectivity index (χ0) is 20.4. The monoisotopic (exact) mass is 394 g/mol. The average molecular weight is 394 g/mol. The van der Waals surface area contributed by atoms with E-state index in [9.17, 15) is 18.0 Å². The number of para-hydroxylation sites is 2. The van der Waals surface area contributed by atoms with Crippen LogP contribution >= 0.6 is 0 Å². The minimum atomic E-state index is -0.822. The summed E-state index contributed by atoms with van der Waals surface area (Å²) in [6.07, 6.45) is 0.377. The molecule has 1 amide bonds. The topological polar surface area (TPSA) is 44.9 Å². The van der Waals surface area contributed by atoms with Crippen LogP contribution in [0.5, 0.6) is 0 Å². The average Bonchev–Trinajstić information content (AvgIpc) is 3.08. The maximum Gasteiger partial charge on any atom is 0.224 e. The zero-order valence-electron chi connectivity index (χ0n) is 15.3. The van der Waals surface area contributed by atoms with Crippen molar-refractivity contribution in [2.75, 3.05) is 5.32 Å². The Kier molecular flexibility index (Phi) is 5.08. The predicted octanol–water partition coefficient (Wildman–Crippen LogP) is 5.82. The zero-order valence-corrected chi connectivity index (χ0v) is 15.3. The van der Waals surface area contributed by atoms with Crippen LogP contribution in [0.25, 0.3) is 22.2 Å². The smallest absolute Gasteiger partial charge is 0.224 e. The molecule has 0 aliphatic carbocycles. The molecule has 0 saturated carbocycles. The minimum Gasteiger partial charge on any atom is -0.354 e. The molecule has 146 valence electrons. The fourth-order valence-electron chi connectivity index (χ4n) is 3.38. The fourth-order valence-corrected chi connectivity index (χ4v) is 3.38. The van der Waals surface area contributed by atoms with Crippen molar-refractivity contribution in [3.8, 4) is 11.3 Å². The Labute approximate surface area is 165 Å². The molecule has 1 heterocycles. The van der Waals surface area contributed by atoms with Crippen LogP contribution in [0.15, 0.2) is 66.7 Å². The van der Waals surface area contributed by atoms with Gasteiger partial charge in [0.1, 0.15) is 23.1 Å². The van der Waals surface area contributed by atoms with Crippen molar-refractivity contribution in [1.82, 2.24) is 4.98 Å². The Hall–Kier alpha value is -3.54. The number of aryl methyl sites for hydroxylation is 1. The van der Waals surface area contributed by atoms with E-state index in [1.54, 1.807) is 12.1 Å². The first kappa shape index (κ1) is 18.8. The molecule has 3 aromatic carbocycles. The summed E-state index contributed by atoms with van der Waals surface area (Å²) in [5, 5.41) is 3.25. The van der Waals surface area contributed by atoms with Crippen LogP contribution in [0.3, 0.4) is 0 Å². The van der Waals surface area contributed by atoms with Gasteiger partial charge in [-0.1, -0.05) is 24.3 Å². The number of amides is 1. The number of carbonyl (C=O) groups excluding carboxylic acids is 1. The van der Waals surface area contributed by atoms with Crippen LogP contribution in [0.4, 0.5) is 18.9 Å². The van der Waals surface area contributed by atoms with Crippen LogP contribution < -0.4 is 5.32 Å². The first-order valence-corrected chi connectivity index (χ1v) is 9.12. The van der Waals surface area contributed by atoms with Gasteiger partial charge in [-0.15, -0.1) is 0 Å². The molecule has 0 saturated heterocycles. The van der Waals surface area contributed by atoms with Gasteiger partial charge >= 0.3 is 0 Å². The predicted molar refractivity (Wildman–Crippen MR) is 107 cm³/mol. The molecule has 0 aliphatic heterocycles. The summed E-state index contributed by atoms with van der Waals surface area (Å²) in [7, 11) is 0. The number of anilines is 1. The van der Waals surface area contributed by atoms with Crippen LogP contribution in [0, 0.1) is 17.5 Å². The molecule has 4 aromatic rings. The molecule has 0 unspecified atom stereocenters. The first-order chi connectivity index (χ1) is 14.0. The van der Waals surface area contributed by atoms with Gasteiger partial charge < -0.3 is 10.3 Å².